The number of hydrogen-bond donors (Lipinski definition) is 2. The van der Waals surface area contributed by atoms with Crippen LogP contribution in [-0.4, -0.2) is 55.8 Å². The zero-order chi connectivity index (χ0) is 24.4. The Labute approximate surface area is 207 Å². The molecule has 0 atom stereocenters. The number of carboxylic acids is 1. The van der Waals surface area contributed by atoms with Gasteiger partial charge in [0.05, 0.1) is 11.9 Å². The average Bonchev–Trinajstić information content (AvgIpc) is 3.34. The van der Waals surface area contributed by atoms with Gasteiger partial charge in [-0.3, -0.25) is 4.79 Å². The van der Waals surface area contributed by atoms with Crippen LogP contribution in [0.25, 0.3) is 5.65 Å². The number of thioether (sulfide) groups is 1. The number of nitrogens with one attached hydrogen (secondary N) is 1. The minimum atomic E-state index is -1.12. The predicted molar refractivity (Wildman–Crippen MR) is 136 cm³/mol. The lowest BCUT2D eigenvalue weighted by Crippen LogP contribution is -2.38. The molecule has 3 heterocycles. The number of para-hydroxylation sites is 1. The molecular weight excluding hydrogens is 462 g/mol. The number of aromatic carboxylic acids is 1. The Bertz CT molecular complexity index is 1380. The number of nitrogens with zero attached hydrogens (tertiary/aromatic N) is 4. The van der Waals surface area contributed by atoms with Crippen LogP contribution in [0.4, 0.5) is 11.5 Å². The fourth-order valence-electron chi connectivity index (χ4n) is 4.55. The molecule has 1 fully saturated rings. The SMILES string of the molecule is CSc1ccccc1Nc1c(C(=O)N2CCC(c3ccccc3)CC2)cnc2c(C(=O)O)cnn12. The maximum absolute atomic E-state index is 13.7. The third-order valence-corrected chi connectivity index (χ3v) is 7.20. The zero-order valence-corrected chi connectivity index (χ0v) is 20.0. The normalized spacial score (nSPS) is 14.3. The maximum atomic E-state index is 13.7. The van der Waals surface area contributed by atoms with Gasteiger partial charge < -0.3 is 15.3 Å². The van der Waals surface area contributed by atoms with Gasteiger partial charge in [-0.25, -0.2) is 9.78 Å². The Morgan fingerprint density at radius 2 is 1.71 bits per heavy atom. The standard InChI is InChI=1S/C26H25N5O3S/c1-35-22-10-6-5-9-21(22)29-24-19(15-27-23-20(26(33)34)16-28-31(23)24)25(32)30-13-11-18(12-14-30)17-7-3-2-4-8-17/h2-10,15-16,18,29H,11-14H2,1H3,(H,33,34). The smallest absolute Gasteiger partial charge is 0.341 e. The summed E-state index contributed by atoms with van der Waals surface area (Å²) in [5.41, 5.74) is 2.62. The van der Waals surface area contributed by atoms with Crippen LogP contribution in [0, 0.1) is 0 Å². The number of hydrogen-bond acceptors (Lipinski definition) is 6. The van der Waals surface area contributed by atoms with Gasteiger partial charge in [0.2, 0.25) is 0 Å². The minimum Gasteiger partial charge on any atom is -0.477 e. The Morgan fingerprint density at radius 3 is 2.43 bits per heavy atom. The third-order valence-electron chi connectivity index (χ3n) is 6.40. The number of anilines is 2. The summed E-state index contributed by atoms with van der Waals surface area (Å²) in [6, 6.07) is 18.1. The van der Waals surface area contributed by atoms with Crippen molar-refractivity contribution in [1.82, 2.24) is 19.5 Å². The van der Waals surface area contributed by atoms with Gasteiger partial charge >= 0.3 is 5.97 Å². The van der Waals surface area contributed by atoms with Crippen molar-refractivity contribution in [1.29, 1.82) is 0 Å². The number of fused-ring (bicyclic) bond motifs is 1. The Hall–Kier alpha value is -3.85. The van der Waals surface area contributed by atoms with Gasteiger partial charge in [0, 0.05) is 24.2 Å². The van der Waals surface area contributed by atoms with Crippen LogP contribution in [0.1, 0.15) is 45.0 Å². The molecule has 2 N–H and O–H groups in total. The van der Waals surface area contributed by atoms with Crippen molar-refractivity contribution in [2.45, 2.75) is 23.7 Å². The number of aromatic nitrogens is 3. The highest BCUT2D eigenvalue weighted by Gasteiger charge is 2.28. The van der Waals surface area contributed by atoms with E-state index in [-0.39, 0.29) is 17.1 Å². The first-order valence-electron chi connectivity index (χ1n) is 11.4. The van der Waals surface area contributed by atoms with E-state index in [9.17, 15) is 14.7 Å². The first-order chi connectivity index (χ1) is 17.1. The molecule has 178 valence electrons. The quantitative estimate of drug-likeness (QED) is 0.373. The number of carboxylic acid groups (broad SMARTS) is 1. The van der Waals surface area contributed by atoms with E-state index < -0.39 is 5.97 Å². The molecule has 0 radical (unpaired) electrons. The zero-order valence-electron chi connectivity index (χ0n) is 19.2. The predicted octanol–water partition coefficient (Wildman–Crippen LogP) is 4.91. The molecule has 2 aromatic carbocycles. The molecule has 5 rings (SSSR count). The number of carbonyl (C=O) groups excluding carboxylic acids is 1. The molecule has 0 aliphatic carbocycles. The summed E-state index contributed by atoms with van der Waals surface area (Å²) in [4.78, 5) is 32.5. The van der Waals surface area contributed by atoms with Crippen LogP contribution < -0.4 is 5.32 Å². The topological polar surface area (TPSA) is 99.8 Å². The lowest BCUT2D eigenvalue weighted by atomic mass is 9.89. The molecular formula is C26H25N5O3S. The molecule has 1 aliphatic rings. The highest BCUT2D eigenvalue weighted by molar-refractivity contribution is 7.98. The molecule has 4 aromatic rings. The van der Waals surface area contributed by atoms with Crippen LogP contribution in [-0.2, 0) is 0 Å². The van der Waals surface area contributed by atoms with Crippen LogP contribution in [0.3, 0.4) is 0 Å². The van der Waals surface area contributed by atoms with Crippen molar-refractivity contribution in [2.75, 3.05) is 24.7 Å². The highest BCUT2D eigenvalue weighted by Crippen LogP contribution is 2.32. The van der Waals surface area contributed by atoms with E-state index in [4.69, 9.17) is 0 Å². The first-order valence-corrected chi connectivity index (χ1v) is 12.6. The Kier molecular flexibility index (Phi) is 6.41. The number of benzene rings is 2. The average molecular weight is 488 g/mol. The molecule has 0 saturated carbocycles. The third kappa shape index (κ3) is 4.46. The van der Waals surface area contributed by atoms with Crippen molar-refractivity contribution in [2.24, 2.45) is 0 Å². The van der Waals surface area contributed by atoms with E-state index >= 15 is 0 Å². The van der Waals surface area contributed by atoms with Gasteiger partial charge in [0.15, 0.2) is 5.65 Å². The summed E-state index contributed by atoms with van der Waals surface area (Å²) in [6.45, 7) is 1.27. The summed E-state index contributed by atoms with van der Waals surface area (Å²) in [5.74, 6) is -0.442. The monoisotopic (exact) mass is 487 g/mol. The van der Waals surface area contributed by atoms with E-state index in [1.165, 1.54) is 22.5 Å². The van der Waals surface area contributed by atoms with Gasteiger partial charge in [-0.1, -0.05) is 42.5 Å². The number of carbonyl (C=O) groups is 2. The van der Waals surface area contributed by atoms with Crippen LogP contribution >= 0.6 is 11.8 Å². The van der Waals surface area contributed by atoms with E-state index in [1.54, 1.807) is 11.8 Å². The van der Waals surface area contributed by atoms with Crippen molar-refractivity contribution in [3.05, 3.63) is 83.7 Å². The van der Waals surface area contributed by atoms with Crippen molar-refractivity contribution < 1.29 is 14.7 Å². The van der Waals surface area contributed by atoms with Crippen LogP contribution in [0.2, 0.25) is 0 Å². The second kappa shape index (κ2) is 9.79. The highest BCUT2D eigenvalue weighted by atomic mass is 32.2. The maximum Gasteiger partial charge on any atom is 0.341 e. The molecule has 0 unspecified atom stereocenters. The van der Waals surface area contributed by atoms with Crippen LogP contribution in [0.5, 0.6) is 0 Å². The van der Waals surface area contributed by atoms with Gasteiger partial charge in [-0.05, 0) is 42.7 Å². The summed E-state index contributed by atoms with van der Waals surface area (Å²) < 4.78 is 1.41. The van der Waals surface area contributed by atoms with Crippen molar-refractivity contribution in [3.8, 4) is 0 Å². The van der Waals surface area contributed by atoms with Crippen molar-refractivity contribution >= 4 is 40.8 Å². The number of piperidine rings is 1. The molecule has 0 bridgehead atoms. The molecule has 2 aromatic heterocycles. The molecule has 1 aliphatic heterocycles. The Morgan fingerprint density at radius 1 is 1.00 bits per heavy atom. The van der Waals surface area contributed by atoms with E-state index in [0.717, 1.165) is 23.4 Å². The number of rotatable bonds is 6. The second-order valence-corrected chi connectivity index (χ2v) is 9.27. The summed E-state index contributed by atoms with van der Waals surface area (Å²) >= 11 is 1.57. The van der Waals surface area contributed by atoms with Gasteiger partial charge in [0.1, 0.15) is 16.9 Å². The van der Waals surface area contributed by atoms with Crippen molar-refractivity contribution in [3.63, 3.8) is 0 Å². The van der Waals surface area contributed by atoms with Gasteiger partial charge in [0.25, 0.3) is 5.91 Å². The summed E-state index contributed by atoms with van der Waals surface area (Å²) in [5, 5.41) is 17.1. The Balaban J connectivity index is 1.49. The minimum absolute atomic E-state index is 0.0196. The van der Waals surface area contributed by atoms with E-state index in [2.05, 4.69) is 27.5 Å². The van der Waals surface area contributed by atoms with Gasteiger partial charge in [-0.2, -0.15) is 9.61 Å². The summed E-state index contributed by atoms with van der Waals surface area (Å²) in [7, 11) is 0. The fourth-order valence-corrected chi connectivity index (χ4v) is 5.10. The number of likely N-dealkylation sites (tertiary alicyclic amines) is 1. The summed E-state index contributed by atoms with van der Waals surface area (Å²) in [6.07, 6.45) is 6.46. The largest absolute Gasteiger partial charge is 0.477 e. The fraction of sp³-hybridized carbons (Fsp3) is 0.231. The van der Waals surface area contributed by atoms with Gasteiger partial charge in [-0.15, -0.1) is 11.8 Å². The molecule has 8 nitrogen and oxygen atoms in total. The number of amides is 1. The molecule has 1 amide bonds. The van der Waals surface area contributed by atoms with E-state index in [0.29, 0.717) is 30.4 Å². The molecule has 0 spiro atoms. The van der Waals surface area contributed by atoms with E-state index in [1.807, 2.05) is 53.6 Å². The lowest BCUT2D eigenvalue weighted by molar-refractivity contribution is 0.0695. The second-order valence-electron chi connectivity index (χ2n) is 8.42. The molecule has 35 heavy (non-hydrogen) atoms. The molecule has 1 saturated heterocycles. The first kappa shape index (κ1) is 22.9. The van der Waals surface area contributed by atoms with Crippen LogP contribution in [0.15, 0.2) is 71.9 Å². The lowest BCUT2D eigenvalue weighted by Gasteiger charge is -2.32. The molecule has 9 heteroatoms.